The molecule has 2 aliphatic carbocycles. The summed E-state index contributed by atoms with van der Waals surface area (Å²) in [6, 6.07) is 0. The third-order valence-corrected chi connectivity index (χ3v) is 5.74. The molecule has 3 rings (SSSR count). The molecule has 0 unspecified atom stereocenters. The molecule has 0 bridgehead atoms. The quantitative estimate of drug-likeness (QED) is 0.840. The topological polar surface area (TPSA) is 40.5 Å². The number of hydrogen-bond donors (Lipinski definition) is 1. The average molecular weight is 279 g/mol. The van der Waals surface area contributed by atoms with Crippen LogP contribution < -0.4 is 0 Å². The molecule has 1 saturated heterocycles. The van der Waals surface area contributed by atoms with E-state index in [0.717, 1.165) is 31.6 Å². The maximum absolute atomic E-state index is 12.4. The lowest BCUT2D eigenvalue weighted by molar-refractivity contribution is -0.164. The summed E-state index contributed by atoms with van der Waals surface area (Å²) in [6.45, 7) is 3.46. The van der Waals surface area contributed by atoms with Crippen molar-refractivity contribution >= 4 is 5.91 Å². The van der Waals surface area contributed by atoms with Gasteiger partial charge in [0.15, 0.2) is 0 Å². The third kappa shape index (κ3) is 2.88. The molecular weight excluding hydrogens is 250 g/mol. The Bertz CT molecular complexity index is 350. The highest BCUT2D eigenvalue weighted by molar-refractivity contribution is 5.80. The van der Waals surface area contributed by atoms with E-state index in [9.17, 15) is 9.90 Å². The Kier molecular flexibility index (Phi) is 4.07. The molecule has 0 aromatic rings. The first-order valence-electron chi connectivity index (χ1n) is 8.63. The van der Waals surface area contributed by atoms with Crippen molar-refractivity contribution in [3.8, 4) is 0 Å². The zero-order chi connectivity index (χ0) is 14.2. The monoisotopic (exact) mass is 279 g/mol. The van der Waals surface area contributed by atoms with Crippen LogP contribution in [0.1, 0.15) is 64.7 Å². The lowest BCUT2D eigenvalue weighted by Crippen LogP contribution is -2.65. The fourth-order valence-corrected chi connectivity index (χ4v) is 4.10. The number of likely N-dealkylation sites (tertiary alicyclic amines) is 1. The summed E-state index contributed by atoms with van der Waals surface area (Å²) in [7, 11) is 0. The molecule has 3 nitrogen and oxygen atoms in total. The van der Waals surface area contributed by atoms with Crippen LogP contribution in [0.4, 0.5) is 0 Å². The molecule has 1 amide bonds. The van der Waals surface area contributed by atoms with Crippen LogP contribution >= 0.6 is 0 Å². The fourth-order valence-electron chi connectivity index (χ4n) is 4.10. The number of aliphatic hydroxyl groups is 1. The van der Waals surface area contributed by atoms with Gasteiger partial charge in [-0.2, -0.15) is 0 Å². The number of β-amino-alcohol motifs (C(OH)–C–C–N with tert-alkyl or cyclic N) is 1. The van der Waals surface area contributed by atoms with E-state index in [4.69, 9.17) is 0 Å². The molecule has 0 atom stereocenters. The van der Waals surface area contributed by atoms with Crippen LogP contribution in [0.5, 0.6) is 0 Å². The predicted molar refractivity (Wildman–Crippen MR) is 79.2 cm³/mol. The summed E-state index contributed by atoms with van der Waals surface area (Å²) in [6.07, 6.45) is 10.9. The summed E-state index contributed by atoms with van der Waals surface area (Å²) < 4.78 is 0. The van der Waals surface area contributed by atoms with Crippen molar-refractivity contribution in [2.24, 2.45) is 17.8 Å². The molecule has 3 heteroatoms. The van der Waals surface area contributed by atoms with Crippen LogP contribution in [0.2, 0.25) is 0 Å². The molecule has 1 N–H and O–H groups in total. The number of rotatable bonds is 5. The molecule has 114 valence electrons. The third-order valence-electron chi connectivity index (χ3n) is 5.74. The lowest BCUT2D eigenvalue weighted by atomic mass is 9.78. The second-order valence-electron chi connectivity index (χ2n) is 7.43. The van der Waals surface area contributed by atoms with Crippen molar-refractivity contribution in [2.75, 3.05) is 13.1 Å². The van der Waals surface area contributed by atoms with E-state index in [1.807, 2.05) is 4.90 Å². The van der Waals surface area contributed by atoms with Gasteiger partial charge in [-0.05, 0) is 50.4 Å². The van der Waals surface area contributed by atoms with Crippen LogP contribution in [-0.4, -0.2) is 34.6 Å². The molecule has 1 aliphatic heterocycles. The Labute approximate surface area is 122 Å². The Morgan fingerprint density at radius 3 is 2.35 bits per heavy atom. The highest BCUT2D eigenvalue weighted by Crippen LogP contribution is 2.45. The Balaban J connectivity index is 1.41. The lowest BCUT2D eigenvalue weighted by Gasteiger charge is -2.48. The molecule has 2 saturated carbocycles. The normalized spacial score (nSPS) is 32.8. The Morgan fingerprint density at radius 1 is 1.15 bits per heavy atom. The van der Waals surface area contributed by atoms with E-state index < -0.39 is 5.60 Å². The minimum absolute atomic E-state index is 0.247. The number of hydrogen-bond acceptors (Lipinski definition) is 2. The van der Waals surface area contributed by atoms with Gasteiger partial charge < -0.3 is 10.0 Å². The van der Waals surface area contributed by atoms with Crippen LogP contribution in [-0.2, 0) is 4.79 Å². The maximum Gasteiger partial charge on any atom is 0.225 e. The van der Waals surface area contributed by atoms with Crippen molar-refractivity contribution in [3.63, 3.8) is 0 Å². The summed E-state index contributed by atoms with van der Waals surface area (Å²) in [5.74, 6) is 1.91. The van der Waals surface area contributed by atoms with E-state index in [2.05, 4.69) is 6.92 Å². The molecule has 0 radical (unpaired) electrons. The molecule has 3 fully saturated rings. The van der Waals surface area contributed by atoms with Crippen LogP contribution in [0.3, 0.4) is 0 Å². The Hall–Kier alpha value is -0.570. The zero-order valence-corrected chi connectivity index (χ0v) is 12.8. The van der Waals surface area contributed by atoms with Gasteiger partial charge in [-0.25, -0.2) is 0 Å². The summed E-state index contributed by atoms with van der Waals surface area (Å²) in [4.78, 5) is 14.4. The molecule has 20 heavy (non-hydrogen) atoms. The van der Waals surface area contributed by atoms with Crippen molar-refractivity contribution in [2.45, 2.75) is 70.3 Å². The maximum atomic E-state index is 12.4. The number of carbonyl (C=O) groups excluding carboxylic acids is 1. The second-order valence-corrected chi connectivity index (χ2v) is 7.43. The standard InChI is InChI=1S/C17H29NO2/c1-2-3-4-13-5-7-14(8-6-13)16(19)18-11-17(20,12-18)15-9-10-15/h13-15,20H,2-12H2,1H3. The van der Waals surface area contributed by atoms with Crippen LogP contribution in [0.25, 0.3) is 0 Å². The fraction of sp³-hybridized carbons (Fsp3) is 0.941. The van der Waals surface area contributed by atoms with Gasteiger partial charge in [0.05, 0.1) is 13.1 Å². The number of unbranched alkanes of at least 4 members (excludes halogenated alkanes) is 1. The summed E-state index contributed by atoms with van der Waals surface area (Å²) in [5, 5.41) is 10.3. The van der Waals surface area contributed by atoms with E-state index in [-0.39, 0.29) is 5.92 Å². The van der Waals surface area contributed by atoms with Gasteiger partial charge in [0.25, 0.3) is 0 Å². The minimum Gasteiger partial charge on any atom is -0.386 e. The molecule has 0 aromatic carbocycles. The smallest absolute Gasteiger partial charge is 0.225 e. The van der Waals surface area contributed by atoms with E-state index in [1.165, 1.54) is 32.1 Å². The van der Waals surface area contributed by atoms with Gasteiger partial charge in [-0.1, -0.05) is 26.2 Å². The molecule has 0 spiro atoms. The van der Waals surface area contributed by atoms with E-state index in [1.54, 1.807) is 0 Å². The largest absolute Gasteiger partial charge is 0.386 e. The molecule has 1 heterocycles. The van der Waals surface area contributed by atoms with Crippen LogP contribution in [0, 0.1) is 17.8 Å². The van der Waals surface area contributed by atoms with Gasteiger partial charge in [-0.15, -0.1) is 0 Å². The number of nitrogens with zero attached hydrogens (tertiary/aromatic N) is 1. The van der Waals surface area contributed by atoms with Gasteiger partial charge >= 0.3 is 0 Å². The van der Waals surface area contributed by atoms with Gasteiger partial charge in [-0.3, -0.25) is 4.79 Å². The summed E-state index contributed by atoms with van der Waals surface area (Å²) >= 11 is 0. The minimum atomic E-state index is -0.520. The van der Waals surface area contributed by atoms with Crippen molar-refractivity contribution in [1.29, 1.82) is 0 Å². The van der Waals surface area contributed by atoms with Gasteiger partial charge in [0.1, 0.15) is 5.60 Å². The molecular formula is C17H29NO2. The SMILES string of the molecule is CCCCC1CCC(C(=O)N2CC(O)(C3CC3)C2)CC1. The van der Waals surface area contributed by atoms with E-state index in [0.29, 0.717) is 24.9 Å². The molecule has 0 aromatic heterocycles. The zero-order valence-electron chi connectivity index (χ0n) is 12.8. The second kappa shape index (κ2) is 5.67. The number of carbonyl (C=O) groups is 1. The molecule has 3 aliphatic rings. The first kappa shape index (κ1) is 14.4. The van der Waals surface area contributed by atoms with Gasteiger partial charge in [0.2, 0.25) is 5.91 Å². The van der Waals surface area contributed by atoms with Crippen LogP contribution in [0.15, 0.2) is 0 Å². The highest BCUT2D eigenvalue weighted by atomic mass is 16.3. The van der Waals surface area contributed by atoms with Crippen molar-refractivity contribution < 1.29 is 9.90 Å². The Morgan fingerprint density at radius 2 is 1.80 bits per heavy atom. The first-order valence-corrected chi connectivity index (χ1v) is 8.63. The predicted octanol–water partition coefficient (Wildman–Crippen LogP) is 2.97. The average Bonchev–Trinajstić information content (AvgIpc) is 3.26. The highest BCUT2D eigenvalue weighted by Gasteiger charge is 2.53. The first-order chi connectivity index (χ1) is 9.62. The number of amides is 1. The van der Waals surface area contributed by atoms with Gasteiger partial charge in [0, 0.05) is 5.92 Å². The van der Waals surface area contributed by atoms with Crippen molar-refractivity contribution in [1.82, 2.24) is 4.90 Å². The van der Waals surface area contributed by atoms with E-state index >= 15 is 0 Å². The summed E-state index contributed by atoms with van der Waals surface area (Å²) in [5.41, 5.74) is -0.520. The van der Waals surface area contributed by atoms with Crippen molar-refractivity contribution in [3.05, 3.63) is 0 Å².